The predicted octanol–water partition coefficient (Wildman–Crippen LogP) is 0.731. The van der Waals surface area contributed by atoms with Crippen LogP contribution in [0.25, 0.3) is 0 Å². The largest absolute Gasteiger partial charge is 0.392 e. The zero-order valence-electron chi connectivity index (χ0n) is 10.8. The summed E-state index contributed by atoms with van der Waals surface area (Å²) in [6.07, 6.45) is 0.739. The minimum absolute atomic E-state index is 0.00128. The molecule has 6 heteroatoms. The Kier molecular flexibility index (Phi) is 4.93. The molecule has 1 aliphatic heterocycles. The fraction of sp³-hybridized carbons (Fsp3) is 0.538. The molecule has 0 bridgehead atoms. The third-order valence-corrected chi connectivity index (χ3v) is 4.98. The highest BCUT2D eigenvalue weighted by molar-refractivity contribution is 7.88. The quantitative estimate of drug-likeness (QED) is 0.885. The van der Waals surface area contributed by atoms with Crippen LogP contribution in [0, 0.1) is 0 Å². The molecule has 1 aromatic rings. The first-order valence-electron chi connectivity index (χ1n) is 6.36. The van der Waals surface area contributed by atoms with E-state index in [0.717, 1.165) is 17.5 Å². The second-order valence-corrected chi connectivity index (χ2v) is 6.56. The Bertz CT molecular complexity index is 490. The highest BCUT2D eigenvalue weighted by atomic mass is 32.2. The molecule has 2 rings (SSSR count). The van der Waals surface area contributed by atoms with Crippen LogP contribution in [0.5, 0.6) is 0 Å². The second kappa shape index (κ2) is 6.47. The lowest BCUT2D eigenvalue weighted by Gasteiger charge is -2.19. The van der Waals surface area contributed by atoms with Crippen molar-refractivity contribution in [3.63, 3.8) is 0 Å². The van der Waals surface area contributed by atoms with Crippen molar-refractivity contribution < 1.29 is 18.3 Å². The molecule has 0 saturated carbocycles. The summed E-state index contributed by atoms with van der Waals surface area (Å²) < 4.78 is 31.3. The summed E-state index contributed by atoms with van der Waals surface area (Å²) in [4.78, 5) is 0. The van der Waals surface area contributed by atoms with E-state index in [1.54, 1.807) is 24.3 Å². The van der Waals surface area contributed by atoms with E-state index in [9.17, 15) is 8.42 Å². The van der Waals surface area contributed by atoms with Crippen LogP contribution >= 0.6 is 0 Å². The third-order valence-electron chi connectivity index (χ3n) is 3.13. The van der Waals surface area contributed by atoms with Gasteiger partial charge >= 0.3 is 0 Å². The van der Waals surface area contributed by atoms with Gasteiger partial charge in [0.05, 0.1) is 19.0 Å². The van der Waals surface area contributed by atoms with Gasteiger partial charge in [-0.1, -0.05) is 24.3 Å². The lowest BCUT2D eigenvalue weighted by molar-refractivity contribution is 0.148. The van der Waals surface area contributed by atoms with Crippen molar-refractivity contribution in [3.8, 4) is 0 Å². The number of hydrogen-bond donors (Lipinski definition) is 1. The molecule has 1 saturated heterocycles. The van der Waals surface area contributed by atoms with Crippen LogP contribution in [0.4, 0.5) is 0 Å². The Morgan fingerprint density at radius 1 is 1.11 bits per heavy atom. The van der Waals surface area contributed by atoms with Gasteiger partial charge < -0.3 is 9.84 Å². The van der Waals surface area contributed by atoms with E-state index in [2.05, 4.69) is 0 Å². The smallest absolute Gasteiger partial charge is 0.218 e. The fourth-order valence-corrected chi connectivity index (χ4v) is 3.60. The van der Waals surface area contributed by atoms with E-state index >= 15 is 0 Å². The lowest BCUT2D eigenvalue weighted by Crippen LogP contribution is -2.34. The number of aliphatic hydroxyl groups is 1. The summed E-state index contributed by atoms with van der Waals surface area (Å²) in [5, 5.41) is 8.96. The van der Waals surface area contributed by atoms with Gasteiger partial charge in [-0.15, -0.1) is 0 Å². The molecular formula is C13H19NO4S. The van der Waals surface area contributed by atoms with E-state index in [-0.39, 0.29) is 12.4 Å². The van der Waals surface area contributed by atoms with Crippen molar-refractivity contribution >= 4 is 10.0 Å². The summed E-state index contributed by atoms with van der Waals surface area (Å²) in [6.45, 7) is 2.00. The topological polar surface area (TPSA) is 66.8 Å². The Labute approximate surface area is 113 Å². The van der Waals surface area contributed by atoms with Gasteiger partial charge in [-0.25, -0.2) is 8.42 Å². The van der Waals surface area contributed by atoms with Crippen LogP contribution in [0.15, 0.2) is 24.3 Å². The molecule has 5 nitrogen and oxygen atoms in total. The molecule has 0 radical (unpaired) electrons. The van der Waals surface area contributed by atoms with Crippen molar-refractivity contribution in [2.45, 2.75) is 18.8 Å². The molecule has 1 aliphatic rings. The highest BCUT2D eigenvalue weighted by Gasteiger charge is 2.23. The predicted molar refractivity (Wildman–Crippen MR) is 72.0 cm³/mol. The summed E-state index contributed by atoms with van der Waals surface area (Å²) in [7, 11) is -3.29. The van der Waals surface area contributed by atoms with E-state index < -0.39 is 10.0 Å². The van der Waals surface area contributed by atoms with Gasteiger partial charge in [-0.05, 0) is 17.5 Å². The van der Waals surface area contributed by atoms with Gasteiger partial charge in [0.15, 0.2) is 0 Å². The van der Waals surface area contributed by atoms with Crippen molar-refractivity contribution in [2.24, 2.45) is 0 Å². The van der Waals surface area contributed by atoms with Crippen LogP contribution in [-0.2, 0) is 27.1 Å². The van der Waals surface area contributed by atoms with E-state index in [4.69, 9.17) is 9.84 Å². The van der Waals surface area contributed by atoms with Crippen molar-refractivity contribution in [3.05, 3.63) is 35.4 Å². The zero-order chi connectivity index (χ0) is 13.7. The molecule has 0 unspecified atom stereocenters. The first kappa shape index (κ1) is 14.5. The van der Waals surface area contributed by atoms with Crippen molar-refractivity contribution in [1.29, 1.82) is 0 Å². The molecular weight excluding hydrogens is 266 g/mol. The maximum atomic E-state index is 12.3. The van der Waals surface area contributed by atoms with Crippen LogP contribution in [-0.4, -0.2) is 44.1 Å². The zero-order valence-corrected chi connectivity index (χ0v) is 11.6. The Morgan fingerprint density at radius 3 is 2.47 bits per heavy atom. The molecule has 106 valence electrons. The van der Waals surface area contributed by atoms with Gasteiger partial charge in [0.2, 0.25) is 10.0 Å². The Hall–Kier alpha value is -0.950. The van der Waals surface area contributed by atoms with Gasteiger partial charge in [0.1, 0.15) is 0 Å². The van der Waals surface area contributed by atoms with Gasteiger partial charge in [-0.2, -0.15) is 4.31 Å². The number of ether oxygens (including phenoxy) is 1. The number of hydrogen-bond acceptors (Lipinski definition) is 4. The number of rotatable bonds is 4. The fourth-order valence-electron chi connectivity index (χ4n) is 2.04. The molecule has 0 spiro atoms. The molecule has 19 heavy (non-hydrogen) atoms. The second-order valence-electron chi connectivity index (χ2n) is 4.60. The summed E-state index contributed by atoms with van der Waals surface area (Å²) in [5.41, 5.74) is 1.52. The highest BCUT2D eigenvalue weighted by Crippen LogP contribution is 2.14. The minimum atomic E-state index is -3.29. The van der Waals surface area contributed by atoms with E-state index in [1.807, 2.05) is 0 Å². The van der Waals surface area contributed by atoms with E-state index in [0.29, 0.717) is 26.3 Å². The van der Waals surface area contributed by atoms with Gasteiger partial charge in [0, 0.05) is 19.7 Å². The summed E-state index contributed by atoms with van der Waals surface area (Å²) in [5.74, 6) is -0.00128. The molecule has 1 fully saturated rings. The normalized spacial score (nSPS) is 18.2. The molecule has 1 heterocycles. The maximum Gasteiger partial charge on any atom is 0.218 e. The third kappa shape index (κ3) is 4.01. The SMILES string of the molecule is O=S(=O)(Cc1ccc(CO)cc1)N1CCCOCC1. The first-order valence-corrected chi connectivity index (χ1v) is 7.97. The van der Waals surface area contributed by atoms with Crippen molar-refractivity contribution in [1.82, 2.24) is 4.31 Å². The van der Waals surface area contributed by atoms with Gasteiger partial charge in [-0.3, -0.25) is 0 Å². The van der Waals surface area contributed by atoms with E-state index in [1.165, 1.54) is 4.31 Å². The monoisotopic (exact) mass is 285 g/mol. The molecule has 1 aromatic carbocycles. The number of nitrogens with zero attached hydrogens (tertiary/aromatic N) is 1. The minimum Gasteiger partial charge on any atom is -0.392 e. The average molecular weight is 285 g/mol. The molecule has 0 aromatic heterocycles. The number of benzene rings is 1. The van der Waals surface area contributed by atoms with Crippen LogP contribution in [0.3, 0.4) is 0 Å². The summed E-state index contributed by atoms with van der Waals surface area (Å²) >= 11 is 0. The van der Waals surface area contributed by atoms with Crippen LogP contribution < -0.4 is 0 Å². The standard InChI is InChI=1S/C13H19NO4S/c15-10-12-2-4-13(5-3-12)11-19(16,17)14-6-1-8-18-9-7-14/h2-5,15H,1,6-11H2. The molecule has 1 N–H and O–H groups in total. The van der Waals surface area contributed by atoms with Crippen molar-refractivity contribution in [2.75, 3.05) is 26.3 Å². The lowest BCUT2D eigenvalue weighted by atomic mass is 10.2. The van der Waals surface area contributed by atoms with Crippen LogP contribution in [0.2, 0.25) is 0 Å². The van der Waals surface area contributed by atoms with Crippen LogP contribution in [0.1, 0.15) is 17.5 Å². The summed E-state index contributed by atoms with van der Waals surface area (Å²) in [6, 6.07) is 6.99. The molecule has 0 atom stereocenters. The Morgan fingerprint density at radius 2 is 1.79 bits per heavy atom. The first-order chi connectivity index (χ1) is 9.12. The average Bonchev–Trinajstić information content (AvgIpc) is 2.68. The number of sulfonamides is 1. The molecule has 0 aliphatic carbocycles. The number of aliphatic hydroxyl groups excluding tert-OH is 1. The molecule has 0 amide bonds. The Balaban J connectivity index is 2.06. The van der Waals surface area contributed by atoms with Gasteiger partial charge in [0.25, 0.3) is 0 Å². The maximum absolute atomic E-state index is 12.3.